The first-order chi connectivity index (χ1) is 19.8. The van der Waals surface area contributed by atoms with Gasteiger partial charge in [-0.2, -0.15) is 13.2 Å². The highest BCUT2D eigenvalue weighted by atomic mass is 32.2. The molecule has 2 N–H and O–H groups in total. The molecule has 5 rings (SSSR count). The van der Waals surface area contributed by atoms with Crippen molar-refractivity contribution < 1.29 is 13.2 Å². The molecule has 0 spiro atoms. The van der Waals surface area contributed by atoms with Crippen LogP contribution in [0, 0.1) is 11.8 Å². The van der Waals surface area contributed by atoms with Crippen LogP contribution in [0.15, 0.2) is 53.4 Å². The molecule has 0 amide bonds. The summed E-state index contributed by atoms with van der Waals surface area (Å²) < 4.78 is 42.1. The molecule has 2 aliphatic rings. The summed E-state index contributed by atoms with van der Waals surface area (Å²) in [5, 5.41) is 7.70. The van der Waals surface area contributed by atoms with Crippen LogP contribution in [0.5, 0.6) is 0 Å². The van der Waals surface area contributed by atoms with E-state index in [0.717, 1.165) is 61.5 Å². The van der Waals surface area contributed by atoms with Gasteiger partial charge in [0.05, 0.1) is 17.8 Å². The van der Waals surface area contributed by atoms with Crippen molar-refractivity contribution in [2.24, 2.45) is 0 Å². The quantitative estimate of drug-likeness (QED) is 0.227. The first kappa shape index (κ1) is 29.7. The number of fused-ring (bicyclic) bond motifs is 1. The molecule has 2 aliphatic heterocycles. The van der Waals surface area contributed by atoms with Gasteiger partial charge in [0.2, 0.25) is 0 Å². The number of aromatic nitrogens is 1. The zero-order chi connectivity index (χ0) is 28.8. The van der Waals surface area contributed by atoms with Gasteiger partial charge in [-0.25, -0.2) is 0 Å². The van der Waals surface area contributed by atoms with Crippen LogP contribution in [0.25, 0.3) is 10.9 Å². The SMILES string of the molecule is CCSc1ccc(NCC#Cc2cc3c(NC4CCN(C5CCN(C)CC5)CC4)cccc3n2CC(F)(F)F)cc1. The maximum absolute atomic E-state index is 13.6. The molecule has 3 aromatic rings. The Balaban J connectivity index is 1.28. The van der Waals surface area contributed by atoms with E-state index in [-0.39, 0.29) is 0 Å². The molecule has 0 unspecified atom stereocenters. The highest BCUT2D eigenvalue weighted by molar-refractivity contribution is 7.99. The van der Waals surface area contributed by atoms with Crippen molar-refractivity contribution in [1.82, 2.24) is 14.4 Å². The summed E-state index contributed by atoms with van der Waals surface area (Å²) >= 11 is 1.78. The molecule has 3 heterocycles. The van der Waals surface area contributed by atoms with Crippen LogP contribution in [0.3, 0.4) is 0 Å². The van der Waals surface area contributed by atoms with E-state index in [1.165, 1.54) is 22.3 Å². The first-order valence-corrected chi connectivity index (χ1v) is 15.6. The molecule has 5 nitrogen and oxygen atoms in total. The number of hydrogen-bond donors (Lipinski definition) is 2. The van der Waals surface area contributed by atoms with Gasteiger partial charge in [0.25, 0.3) is 0 Å². The van der Waals surface area contributed by atoms with Gasteiger partial charge < -0.3 is 25.0 Å². The van der Waals surface area contributed by atoms with E-state index in [1.54, 1.807) is 23.9 Å². The Kier molecular flexibility index (Phi) is 9.74. The van der Waals surface area contributed by atoms with Gasteiger partial charge in [-0.15, -0.1) is 11.8 Å². The second-order valence-electron chi connectivity index (χ2n) is 11.1. The molecule has 9 heteroatoms. The van der Waals surface area contributed by atoms with Gasteiger partial charge in [-0.1, -0.05) is 18.9 Å². The summed E-state index contributed by atoms with van der Waals surface area (Å²) in [6.45, 7) is 5.82. The van der Waals surface area contributed by atoms with Crippen LogP contribution in [-0.2, 0) is 6.54 Å². The van der Waals surface area contributed by atoms with Crippen molar-refractivity contribution in [3.05, 3.63) is 54.2 Å². The van der Waals surface area contributed by atoms with Crippen molar-refractivity contribution in [2.45, 2.75) is 62.3 Å². The van der Waals surface area contributed by atoms with Crippen molar-refractivity contribution in [3.63, 3.8) is 0 Å². The molecule has 2 saturated heterocycles. The van der Waals surface area contributed by atoms with E-state index in [1.807, 2.05) is 24.3 Å². The predicted molar refractivity (Wildman–Crippen MR) is 165 cm³/mol. The molecule has 2 fully saturated rings. The molecule has 0 aliphatic carbocycles. The lowest BCUT2D eigenvalue weighted by atomic mass is 9.97. The van der Waals surface area contributed by atoms with Crippen LogP contribution in [0.1, 0.15) is 38.3 Å². The molecule has 220 valence electrons. The molecule has 0 atom stereocenters. The van der Waals surface area contributed by atoms with Gasteiger partial charge in [0, 0.05) is 46.8 Å². The number of nitrogens with zero attached hydrogens (tertiary/aromatic N) is 3. The number of thioether (sulfide) groups is 1. The summed E-state index contributed by atoms with van der Waals surface area (Å²) in [5.41, 5.74) is 2.74. The third-order valence-electron chi connectivity index (χ3n) is 8.14. The fraction of sp³-hybridized carbons (Fsp3) is 0.500. The van der Waals surface area contributed by atoms with Crippen LogP contribution in [0.2, 0.25) is 0 Å². The van der Waals surface area contributed by atoms with Crippen molar-refractivity contribution in [1.29, 1.82) is 0 Å². The summed E-state index contributed by atoms with van der Waals surface area (Å²) in [5.74, 6) is 7.06. The largest absolute Gasteiger partial charge is 0.406 e. The third-order valence-corrected chi connectivity index (χ3v) is 9.03. The topological polar surface area (TPSA) is 35.5 Å². The average Bonchev–Trinajstić information content (AvgIpc) is 3.30. The number of likely N-dealkylation sites (tertiary alicyclic amines) is 2. The number of piperidine rings is 2. The second-order valence-corrected chi connectivity index (χ2v) is 12.4. The highest BCUT2D eigenvalue weighted by Gasteiger charge is 2.31. The Morgan fingerprint density at radius 1 is 0.976 bits per heavy atom. The Bertz CT molecular complexity index is 1340. The molecule has 41 heavy (non-hydrogen) atoms. The Morgan fingerprint density at radius 3 is 2.39 bits per heavy atom. The summed E-state index contributed by atoms with van der Waals surface area (Å²) in [6.07, 6.45) is 0.169. The molecule has 0 saturated carbocycles. The van der Waals surface area contributed by atoms with Crippen LogP contribution in [-0.4, -0.2) is 78.2 Å². The van der Waals surface area contributed by atoms with E-state index < -0.39 is 12.7 Å². The lowest BCUT2D eigenvalue weighted by Gasteiger charge is -2.41. The van der Waals surface area contributed by atoms with E-state index >= 15 is 0 Å². The summed E-state index contributed by atoms with van der Waals surface area (Å²) in [6, 6.07) is 16.4. The smallest absolute Gasteiger partial charge is 0.382 e. The molecule has 0 bridgehead atoms. The van der Waals surface area contributed by atoms with Crippen LogP contribution < -0.4 is 10.6 Å². The average molecular weight is 584 g/mol. The minimum Gasteiger partial charge on any atom is -0.382 e. The van der Waals surface area contributed by atoms with E-state index in [9.17, 15) is 13.2 Å². The molecule has 1 aromatic heterocycles. The number of halogens is 3. The third kappa shape index (κ3) is 7.94. The van der Waals surface area contributed by atoms with E-state index in [4.69, 9.17) is 0 Å². The van der Waals surface area contributed by atoms with Crippen LogP contribution >= 0.6 is 11.8 Å². The first-order valence-electron chi connectivity index (χ1n) is 14.6. The van der Waals surface area contributed by atoms with Crippen molar-refractivity contribution in [2.75, 3.05) is 56.2 Å². The summed E-state index contributed by atoms with van der Waals surface area (Å²) in [4.78, 5) is 6.23. The number of alkyl halides is 3. The maximum atomic E-state index is 13.6. The van der Waals surface area contributed by atoms with Gasteiger partial charge in [-0.05, 0) is 100.0 Å². The lowest BCUT2D eigenvalue weighted by Crippen LogP contribution is -2.48. The second kappa shape index (κ2) is 13.5. The Morgan fingerprint density at radius 2 is 1.71 bits per heavy atom. The number of benzene rings is 2. The minimum absolute atomic E-state index is 0.301. The fourth-order valence-corrected chi connectivity index (χ4v) is 6.63. The predicted octanol–water partition coefficient (Wildman–Crippen LogP) is 6.75. The van der Waals surface area contributed by atoms with Gasteiger partial charge in [-0.3, -0.25) is 0 Å². The molecule has 2 aromatic carbocycles. The number of anilines is 2. The van der Waals surface area contributed by atoms with Crippen LogP contribution in [0.4, 0.5) is 24.5 Å². The molecular formula is C32H40F3N5S. The van der Waals surface area contributed by atoms with Crippen molar-refractivity contribution in [3.8, 4) is 11.8 Å². The zero-order valence-corrected chi connectivity index (χ0v) is 24.8. The summed E-state index contributed by atoms with van der Waals surface area (Å²) in [7, 11) is 2.19. The normalized spacial score (nSPS) is 17.9. The highest BCUT2D eigenvalue weighted by Crippen LogP contribution is 2.32. The number of rotatable bonds is 8. The number of hydrogen-bond acceptors (Lipinski definition) is 5. The lowest BCUT2D eigenvalue weighted by molar-refractivity contribution is -0.140. The van der Waals surface area contributed by atoms with Gasteiger partial charge >= 0.3 is 6.18 Å². The van der Waals surface area contributed by atoms with Gasteiger partial charge in [0.15, 0.2) is 0 Å². The van der Waals surface area contributed by atoms with E-state index in [2.05, 4.69) is 58.4 Å². The Hall–Kier alpha value is -2.80. The molecular weight excluding hydrogens is 543 g/mol. The minimum atomic E-state index is -4.34. The van der Waals surface area contributed by atoms with E-state index in [0.29, 0.717) is 29.8 Å². The van der Waals surface area contributed by atoms with Gasteiger partial charge in [0.1, 0.15) is 6.54 Å². The monoisotopic (exact) mass is 583 g/mol. The Labute approximate surface area is 245 Å². The number of nitrogens with one attached hydrogen (secondary N) is 2. The maximum Gasteiger partial charge on any atom is 0.406 e. The zero-order valence-electron chi connectivity index (χ0n) is 23.9. The standard InChI is InChI=1S/C32H40F3N5S/c1-3-41-28-11-9-24(10-12-28)36-17-5-6-27-22-29-30(7-4-8-31(29)40(27)23-32(33,34)35)37-25-13-20-39(21-14-25)26-15-18-38(2)19-16-26/h4,7-12,22,25-26,36-37H,3,13-21,23H2,1-2H3. The molecule has 0 radical (unpaired) electrons. The fourth-order valence-electron chi connectivity index (χ4n) is 5.97. The van der Waals surface area contributed by atoms with Crippen molar-refractivity contribution >= 4 is 34.0 Å².